The molecule has 156 valence electrons. The second-order valence-electron chi connectivity index (χ2n) is 7.73. The van der Waals surface area contributed by atoms with Crippen molar-refractivity contribution in [2.45, 2.75) is 37.8 Å². The van der Waals surface area contributed by atoms with E-state index in [4.69, 9.17) is 4.74 Å². The molecular weight excluding hydrogens is 406 g/mol. The third-order valence-corrected chi connectivity index (χ3v) is 5.96. The number of benzene rings is 1. The summed E-state index contributed by atoms with van der Waals surface area (Å²) in [4.78, 5) is 23.9. The van der Waals surface area contributed by atoms with Crippen molar-refractivity contribution in [3.8, 4) is 0 Å². The number of H-pyrrole nitrogens is 1. The normalized spacial score (nSPS) is 12.4. The van der Waals surface area contributed by atoms with E-state index in [-0.39, 0.29) is 17.1 Å². The van der Waals surface area contributed by atoms with E-state index in [2.05, 4.69) is 20.3 Å². The number of aromatic amines is 1. The van der Waals surface area contributed by atoms with Gasteiger partial charge in [0.1, 0.15) is 16.9 Å². The Bertz CT molecular complexity index is 1330. The molecule has 0 bridgehead atoms. The molecular formula is C20H21N5O4S. The number of hydrogen-bond donors (Lipinski definition) is 2. The fourth-order valence-corrected chi connectivity index (χ4v) is 4.36. The molecule has 10 heteroatoms. The van der Waals surface area contributed by atoms with Crippen LogP contribution in [-0.4, -0.2) is 39.0 Å². The van der Waals surface area contributed by atoms with Crippen LogP contribution in [0.4, 0.5) is 4.79 Å². The number of nitrogens with one attached hydrogen (secondary N) is 2. The molecule has 1 amide bonds. The van der Waals surface area contributed by atoms with Gasteiger partial charge in [0.05, 0.1) is 23.2 Å². The molecule has 3 aromatic heterocycles. The van der Waals surface area contributed by atoms with Crippen LogP contribution in [0, 0.1) is 0 Å². The number of amides is 1. The molecule has 0 spiro atoms. The average Bonchev–Trinajstić information content (AvgIpc) is 3.29. The predicted molar refractivity (Wildman–Crippen MR) is 111 cm³/mol. The zero-order valence-electron chi connectivity index (χ0n) is 16.7. The molecule has 0 atom stereocenters. The maximum Gasteiger partial charge on any atom is 0.408 e. The van der Waals surface area contributed by atoms with Gasteiger partial charge in [0.15, 0.2) is 5.65 Å². The number of alkyl carbamates (subject to hydrolysis) is 1. The molecule has 0 unspecified atom stereocenters. The van der Waals surface area contributed by atoms with E-state index >= 15 is 0 Å². The molecule has 0 aliphatic rings. The molecule has 9 nitrogen and oxygen atoms in total. The van der Waals surface area contributed by atoms with Gasteiger partial charge in [-0.15, -0.1) is 0 Å². The smallest absolute Gasteiger partial charge is 0.408 e. The summed E-state index contributed by atoms with van der Waals surface area (Å²) in [5.41, 5.74) is 0.896. The summed E-state index contributed by atoms with van der Waals surface area (Å²) in [5, 5.41) is 3.23. The molecule has 4 rings (SSSR count). The highest BCUT2D eigenvalue weighted by Gasteiger charge is 2.21. The summed E-state index contributed by atoms with van der Waals surface area (Å²) in [6.07, 6.45) is 2.44. The first kappa shape index (κ1) is 19.9. The fraction of sp³-hybridized carbons (Fsp3) is 0.250. The van der Waals surface area contributed by atoms with Crippen LogP contribution in [0.3, 0.4) is 0 Å². The lowest BCUT2D eigenvalue weighted by atomic mass is 10.2. The van der Waals surface area contributed by atoms with Gasteiger partial charge in [-0.25, -0.2) is 27.2 Å². The molecule has 3 heterocycles. The van der Waals surface area contributed by atoms with Crippen molar-refractivity contribution in [3.05, 3.63) is 54.6 Å². The van der Waals surface area contributed by atoms with Gasteiger partial charge in [-0.3, -0.25) is 0 Å². The van der Waals surface area contributed by atoms with Gasteiger partial charge in [-0.05, 0) is 39.0 Å². The summed E-state index contributed by atoms with van der Waals surface area (Å²) in [5.74, 6) is 0.504. The fourth-order valence-electron chi connectivity index (χ4n) is 3.03. The van der Waals surface area contributed by atoms with Crippen LogP contribution in [0.1, 0.15) is 26.6 Å². The van der Waals surface area contributed by atoms with Crippen molar-refractivity contribution >= 4 is 38.2 Å². The molecule has 0 radical (unpaired) electrons. The van der Waals surface area contributed by atoms with Crippen molar-refractivity contribution in [1.82, 2.24) is 24.2 Å². The highest BCUT2D eigenvalue weighted by Crippen LogP contribution is 2.26. The molecule has 2 N–H and O–H groups in total. The van der Waals surface area contributed by atoms with Crippen molar-refractivity contribution in [1.29, 1.82) is 0 Å². The number of carbonyl (C=O) groups is 1. The largest absolute Gasteiger partial charge is 0.444 e. The van der Waals surface area contributed by atoms with Gasteiger partial charge in [0, 0.05) is 11.6 Å². The van der Waals surface area contributed by atoms with Crippen LogP contribution >= 0.6 is 0 Å². The molecule has 0 saturated carbocycles. The van der Waals surface area contributed by atoms with E-state index in [0.717, 1.165) is 3.97 Å². The first-order chi connectivity index (χ1) is 14.1. The summed E-state index contributed by atoms with van der Waals surface area (Å²) in [6.45, 7) is 5.48. The number of imidazole rings is 1. The first-order valence-electron chi connectivity index (χ1n) is 9.27. The zero-order valence-corrected chi connectivity index (χ0v) is 17.5. The molecule has 0 fully saturated rings. The van der Waals surface area contributed by atoms with Crippen molar-refractivity contribution in [2.75, 3.05) is 0 Å². The number of carbonyl (C=O) groups excluding carboxylic acids is 1. The minimum atomic E-state index is -3.78. The predicted octanol–water partition coefficient (Wildman–Crippen LogP) is 3.17. The molecule has 0 aliphatic heterocycles. The number of aromatic nitrogens is 4. The third kappa shape index (κ3) is 3.73. The van der Waals surface area contributed by atoms with Gasteiger partial charge in [0.2, 0.25) is 0 Å². The van der Waals surface area contributed by atoms with E-state index in [1.165, 1.54) is 24.5 Å². The Morgan fingerprint density at radius 2 is 1.93 bits per heavy atom. The number of rotatable bonds is 4. The Labute approximate surface area is 173 Å². The Balaban J connectivity index is 1.66. The van der Waals surface area contributed by atoms with E-state index < -0.39 is 21.7 Å². The van der Waals surface area contributed by atoms with Gasteiger partial charge in [-0.1, -0.05) is 18.2 Å². The highest BCUT2D eigenvalue weighted by atomic mass is 32.2. The Kier molecular flexibility index (Phi) is 4.73. The van der Waals surface area contributed by atoms with E-state index in [0.29, 0.717) is 22.2 Å². The number of nitrogens with zero attached hydrogens (tertiary/aromatic N) is 3. The molecule has 4 aromatic rings. The molecule has 30 heavy (non-hydrogen) atoms. The number of pyridine rings is 1. The van der Waals surface area contributed by atoms with Crippen molar-refractivity contribution in [3.63, 3.8) is 0 Å². The Morgan fingerprint density at radius 3 is 2.63 bits per heavy atom. The van der Waals surface area contributed by atoms with E-state index in [1.807, 2.05) is 0 Å². The second-order valence-corrected chi connectivity index (χ2v) is 9.54. The topological polar surface area (TPSA) is 119 Å². The van der Waals surface area contributed by atoms with Crippen LogP contribution in [0.25, 0.3) is 22.1 Å². The van der Waals surface area contributed by atoms with Crippen molar-refractivity contribution in [2.24, 2.45) is 0 Å². The minimum absolute atomic E-state index is 0.133. The lowest BCUT2D eigenvalue weighted by Gasteiger charge is -2.19. The van der Waals surface area contributed by atoms with E-state index in [1.54, 1.807) is 45.0 Å². The summed E-state index contributed by atoms with van der Waals surface area (Å²) in [7, 11) is -3.78. The zero-order chi connectivity index (χ0) is 21.5. The van der Waals surface area contributed by atoms with Crippen LogP contribution in [-0.2, 0) is 21.3 Å². The number of ether oxygens (including phenoxy) is 1. The third-order valence-electron chi connectivity index (χ3n) is 4.28. The molecule has 0 saturated heterocycles. The van der Waals surface area contributed by atoms with Crippen LogP contribution in [0.15, 0.2) is 53.7 Å². The average molecular weight is 427 g/mol. The second kappa shape index (κ2) is 7.13. The van der Waals surface area contributed by atoms with Gasteiger partial charge < -0.3 is 15.0 Å². The maximum absolute atomic E-state index is 13.0. The Hall–Kier alpha value is -3.40. The first-order valence-corrected chi connectivity index (χ1v) is 10.7. The number of hydrogen-bond acceptors (Lipinski definition) is 6. The lowest BCUT2D eigenvalue weighted by Crippen LogP contribution is -2.32. The maximum atomic E-state index is 13.0. The SMILES string of the molecule is CC(C)(C)OC(=O)NCc1nc2c(cnc3c2ccn3S(=O)(=O)c2ccccc2)[nH]1. The minimum Gasteiger partial charge on any atom is -0.444 e. The van der Waals surface area contributed by atoms with E-state index in [9.17, 15) is 13.2 Å². The number of fused-ring (bicyclic) bond motifs is 3. The molecule has 1 aromatic carbocycles. The summed E-state index contributed by atoms with van der Waals surface area (Å²) >= 11 is 0. The van der Waals surface area contributed by atoms with Gasteiger partial charge >= 0.3 is 6.09 Å². The van der Waals surface area contributed by atoms with Crippen LogP contribution in [0.5, 0.6) is 0 Å². The summed E-state index contributed by atoms with van der Waals surface area (Å²) in [6, 6.07) is 9.83. The monoisotopic (exact) mass is 427 g/mol. The van der Waals surface area contributed by atoms with Gasteiger partial charge in [-0.2, -0.15) is 0 Å². The standard InChI is InChI=1S/C20H21N5O4S/c1-20(2,3)29-19(26)22-12-16-23-15-11-21-18-14(17(15)24-16)9-10-25(18)30(27,28)13-7-5-4-6-8-13/h4-11H,12H2,1-3H3,(H,22,26)(H,23,24). The molecule has 0 aliphatic carbocycles. The quantitative estimate of drug-likeness (QED) is 0.516. The van der Waals surface area contributed by atoms with Crippen LogP contribution < -0.4 is 5.32 Å². The van der Waals surface area contributed by atoms with Crippen molar-refractivity contribution < 1.29 is 17.9 Å². The Morgan fingerprint density at radius 1 is 1.20 bits per heavy atom. The summed E-state index contributed by atoms with van der Waals surface area (Å²) < 4.78 is 32.3. The van der Waals surface area contributed by atoms with Crippen LogP contribution in [0.2, 0.25) is 0 Å². The highest BCUT2D eigenvalue weighted by molar-refractivity contribution is 7.90. The van der Waals surface area contributed by atoms with Gasteiger partial charge in [0.25, 0.3) is 10.0 Å². The lowest BCUT2D eigenvalue weighted by molar-refractivity contribution is 0.0522.